The highest BCUT2D eigenvalue weighted by Gasteiger charge is 2.16. The molecule has 0 bridgehead atoms. The molecule has 0 aliphatic carbocycles. The highest BCUT2D eigenvalue weighted by Crippen LogP contribution is 2.38. The van der Waals surface area contributed by atoms with Crippen molar-refractivity contribution in [2.45, 2.75) is 0 Å². The quantitative estimate of drug-likeness (QED) is 0.644. The number of carbonyl (C=O) groups is 1. The molecule has 0 aliphatic rings. The Hall–Kier alpha value is -2.66. The molecule has 0 fully saturated rings. The van der Waals surface area contributed by atoms with E-state index in [1.165, 1.54) is 32.4 Å². The molecule has 120 valence electrons. The Morgan fingerprint density at radius 1 is 1.17 bits per heavy atom. The summed E-state index contributed by atoms with van der Waals surface area (Å²) in [6.45, 7) is 0. The Balaban J connectivity index is 2.59. The van der Waals surface area contributed by atoms with Crippen LogP contribution in [0.15, 0.2) is 36.4 Å². The highest BCUT2D eigenvalue weighted by molar-refractivity contribution is 6.34. The summed E-state index contributed by atoms with van der Waals surface area (Å²) in [6, 6.07) is 9.26. The molecule has 2 N–H and O–H groups in total. The number of carboxylic acids is 1. The number of phenols is 1. The van der Waals surface area contributed by atoms with Crippen LogP contribution in [0.2, 0.25) is 5.02 Å². The molecule has 6 heteroatoms. The fraction of sp³-hybridized carbons (Fsp3) is 0.118. The third kappa shape index (κ3) is 3.57. The summed E-state index contributed by atoms with van der Waals surface area (Å²) in [5.74, 6) is -0.387. The SMILES string of the molecule is COc1ccc(/C=C(\C(=O)O)c2cccc(O)c2)c(Cl)c1OC. The molecule has 0 heterocycles. The number of phenolic OH excluding ortho intramolecular Hbond substituents is 1. The van der Waals surface area contributed by atoms with Crippen LogP contribution in [0.1, 0.15) is 11.1 Å². The molecular weight excluding hydrogens is 320 g/mol. The Bertz CT molecular complexity index is 768. The molecule has 0 saturated carbocycles. The van der Waals surface area contributed by atoms with Gasteiger partial charge in [0.1, 0.15) is 5.75 Å². The van der Waals surface area contributed by atoms with E-state index in [-0.39, 0.29) is 16.3 Å². The standard InChI is InChI=1S/C17H15ClO5/c1-22-14-7-6-11(15(18)16(14)23-2)9-13(17(20)21)10-4-3-5-12(19)8-10/h3-9,19H,1-2H3,(H,20,21)/b13-9-. The summed E-state index contributed by atoms with van der Waals surface area (Å²) in [7, 11) is 2.93. The molecule has 0 atom stereocenters. The van der Waals surface area contributed by atoms with Crippen molar-refractivity contribution in [2.24, 2.45) is 0 Å². The summed E-state index contributed by atoms with van der Waals surface area (Å²) in [6.07, 6.45) is 1.42. The van der Waals surface area contributed by atoms with Crippen LogP contribution < -0.4 is 9.47 Å². The van der Waals surface area contributed by atoms with Crippen LogP contribution in [0.3, 0.4) is 0 Å². The van der Waals surface area contributed by atoms with Crippen molar-refractivity contribution in [3.05, 3.63) is 52.5 Å². The molecule has 0 amide bonds. The van der Waals surface area contributed by atoms with Crippen molar-refractivity contribution in [3.8, 4) is 17.2 Å². The predicted octanol–water partition coefficient (Wildman–Crippen LogP) is 3.69. The van der Waals surface area contributed by atoms with Crippen LogP contribution in [0.25, 0.3) is 11.6 Å². The fourth-order valence-electron chi connectivity index (χ4n) is 2.11. The van der Waals surface area contributed by atoms with Crippen LogP contribution in [-0.4, -0.2) is 30.4 Å². The number of halogens is 1. The molecule has 0 unspecified atom stereocenters. The van der Waals surface area contributed by atoms with E-state index in [0.29, 0.717) is 22.6 Å². The van der Waals surface area contributed by atoms with Gasteiger partial charge in [0, 0.05) is 0 Å². The van der Waals surface area contributed by atoms with E-state index < -0.39 is 5.97 Å². The minimum atomic E-state index is -1.14. The summed E-state index contributed by atoms with van der Waals surface area (Å²) < 4.78 is 10.3. The van der Waals surface area contributed by atoms with Gasteiger partial charge in [0.25, 0.3) is 0 Å². The Kier molecular flexibility index (Phi) is 5.13. The molecule has 0 aromatic heterocycles. The molecule has 2 aromatic carbocycles. The topological polar surface area (TPSA) is 76.0 Å². The number of hydrogen-bond donors (Lipinski definition) is 2. The number of carboxylic acid groups (broad SMARTS) is 1. The number of aromatic hydroxyl groups is 1. The minimum Gasteiger partial charge on any atom is -0.508 e. The van der Waals surface area contributed by atoms with Gasteiger partial charge in [-0.25, -0.2) is 4.79 Å². The lowest BCUT2D eigenvalue weighted by Gasteiger charge is -2.12. The highest BCUT2D eigenvalue weighted by atomic mass is 35.5. The summed E-state index contributed by atoms with van der Waals surface area (Å²) >= 11 is 6.27. The zero-order chi connectivity index (χ0) is 17.0. The number of aliphatic carboxylic acids is 1. The molecule has 0 spiro atoms. The van der Waals surface area contributed by atoms with Gasteiger partial charge >= 0.3 is 5.97 Å². The van der Waals surface area contributed by atoms with Crippen LogP contribution in [0.5, 0.6) is 17.2 Å². The van der Waals surface area contributed by atoms with Crippen molar-refractivity contribution in [1.82, 2.24) is 0 Å². The summed E-state index contributed by atoms with van der Waals surface area (Å²) in [5, 5.41) is 19.2. The molecule has 0 radical (unpaired) electrons. The van der Waals surface area contributed by atoms with Gasteiger partial charge in [-0.15, -0.1) is 0 Å². The number of methoxy groups -OCH3 is 2. The Labute approximate surface area is 138 Å². The van der Waals surface area contributed by atoms with E-state index in [1.54, 1.807) is 24.3 Å². The monoisotopic (exact) mass is 334 g/mol. The van der Waals surface area contributed by atoms with Crippen LogP contribution in [0, 0.1) is 0 Å². The number of rotatable bonds is 5. The maximum atomic E-state index is 11.6. The Morgan fingerprint density at radius 3 is 2.48 bits per heavy atom. The number of hydrogen-bond acceptors (Lipinski definition) is 4. The first-order valence-electron chi connectivity index (χ1n) is 6.62. The van der Waals surface area contributed by atoms with Crippen LogP contribution in [0.4, 0.5) is 0 Å². The predicted molar refractivity (Wildman–Crippen MR) is 88.2 cm³/mol. The summed E-state index contributed by atoms with van der Waals surface area (Å²) in [5.41, 5.74) is 0.823. The van der Waals surface area contributed by atoms with Gasteiger partial charge in [0.2, 0.25) is 0 Å². The lowest BCUT2D eigenvalue weighted by molar-refractivity contribution is -0.130. The first-order valence-corrected chi connectivity index (χ1v) is 7.00. The average Bonchev–Trinajstić information content (AvgIpc) is 2.52. The average molecular weight is 335 g/mol. The second kappa shape index (κ2) is 7.07. The van der Waals surface area contributed by atoms with Crippen molar-refractivity contribution in [1.29, 1.82) is 0 Å². The van der Waals surface area contributed by atoms with Gasteiger partial charge in [-0.05, 0) is 41.5 Å². The van der Waals surface area contributed by atoms with E-state index in [2.05, 4.69) is 0 Å². The minimum absolute atomic E-state index is 0.00461. The van der Waals surface area contributed by atoms with Gasteiger partial charge in [0.05, 0.1) is 24.8 Å². The second-order valence-corrected chi connectivity index (χ2v) is 5.00. The lowest BCUT2D eigenvalue weighted by atomic mass is 10.0. The molecular formula is C17H15ClO5. The first kappa shape index (κ1) is 16.7. The van der Waals surface area contributed by atoms with Crippen molar-refractivity contribution < 1.29 is 24.5 Å². The molecule has 2 aromatic rings. The van der Waals surface area contributed by atoms with Crippen LogP contribution >= 0.6 is 11.6 Å². The molecule has 0 saturated heterocycles. The van der Waals surface area contributed by atoms with E-state index >= 15 is 0 Å². The third-order valence-corrected chi connectivity index (χ3v) is 3.59. The fourth-order valence-corrected chi connectivity index (χ4v) is 2.40. The van der Waals surface area contributed by atoms with E-state index in [9.17, 15) is 15.0 Å². The second-order valence-electron chi connectivity index (χ2n) is 4.62. The molecule has 2 rings (SSSR count). The van der Waals surface area contributed by atoms with Gasteiger partial charge < -0.3 is 19.7 Å². The lowest BCUT2D eigenvalue weighted by Crippen LogP contribution is -2.00. The van der Waals surface area contributed by atoms with Crippen molar-refractivity contribution in [2.75, 3.05) is 14.2 Å². The zero-order valence-corrected chi connectivity index (χ0v) is 13.3. The zero-order valence-electron chi connectivity index (χ0n) is 12.5. The van der Waals surface area contributed by atoms with Gasteiger partial charge in [-0.3, -0.25) is 0 Å². The first-order chi connectivity index (χ1) is 11.0. The van der Waals surface area contributed by atoms with Crippen LogP contribution in [-0.2, 0) is 4.79 Å². The van der Waals surface area contributed by atoms with Crippen molar-refractivity contribution >= 4 is 29.2 Å². The maximum Gasteiger partial charge on any atom is 0.336 e. The number of ether oxygens (including phenoxy) is 2. The molecule has 5 nitrogen and oxygen atoms in total. The molecule has 0 aliphatic heterocycles. The smallest absolute Gasteiger partial charge is 0.336 e. The van der Waals surface area contributed by atoms with Gasteiger partial charge in [-0.2, -0.15) is 0 Å². The largest absolute Gasteiger partial charge is 0.508 e. The van der Waals surface area contributed by atoms with Gasteiger partial charge in [-0.1, -0.05) is 23.7 Å². The number of benzene rings is 2. The maximum absolute atomic E-state index is 11.6. The Morgan fingerprint density at radius 2 is 1.91 bits per heavy atom. The third-order valence-electron chi connectivity index (χ3n) is 3.20. The van der Waals surface area contributed by atoms with Gasteiger partial charge in [0.15, 0.2) is 11.5 Å². The van der Waals surface area contributed by atoms with E-state index in [4.69, 9.17) is 21.1 Å². The van der Waals surface area contributed by atoms with E-state index in [1.807, 2.05) is 0 Å². The normalized spacial score (nSPS) is 11.2. The molecule has 23 heavy (non-hydrogen) atoms. The van der Waals surface area contributed by atoms with E-state index in [0.717, 1.165) is 0 Å². The summed E-state index contributed by atoms with van der Waals surface area (Å²) in [4.78, 5) is 11.6. The van der Waals surface area contributed by atoms with Crippen molar-refractivity contribution in [3.63, 3.8) is 0 Å².